The van der Waals surface area contributed by atoms with E-state index in [-0.39, 0.29) is 0 Å². The van der Waals surface area contributed by atoms with Crippen molar-refractivity contribution in [3.05, 3.63) is 173 Å². The summed E-state index contributed by atoms with van der Waals surface area (Å²) in [6, 6.07) is 25.4. The molecule has 2 unspecified atom stereocenters. The lowest BCUT2D eigenvalue weighted by Crippen LogP contribution is -2.35. The Morgan fingerprint density at radius 2 is 1.41 bits per heavy atom. The van der Waals surface area contributed by atoms with Crippen molar-refractivity contribution >= 4 is 17.1 Å². The first-order valence-electron chi connectivity index (χ1n) is 18.5. The summed E-state index contributed by atoms with van der Waals surface area (Å²) in [5.41, 5.74) is 16.4. The molecule has 3 aromatic carbocycles. The van der Waals surface area contributed by atoms with Gasteiger partial charge in [0.05, 0.1) is 6.04 Å². The fraction of sp³-hybridized carbons (Fsp3) is 0.277. The Bertz CT molecular complexity index is 1970. The highest BCUT2D eigenvalue weighted by Crippen LogP contribution is 2.43. The van der Waals surface area contributed by atoms with Crippen LogP contribution in [0.25, 0.3) is 11.1 Å². The molecule has 2 nitrogen and oxygen atoms in total. The molecule has 0 spiro atoms. The fourth-order valence-electron chi connectivity index (χ4n) is 8.65. The highest BCUT2D eigenvalue weighted by Gasteiger charge is 2.28. The van der Waals surface area contributed by atoms with Gasteiger partial charge in [-0.2, -0.15) is 0 Å². The molecule has 8 rings (SSSR count). The molecule has 0 aliphatic heterocycles. The van der Waals surface area contributed by atoms with Crippen molar-refractivity contribution in [3.8, 4) is 11.1 Å². The number of fused-ring (bicyclic) bond motifs is 2. The highest BCUT2D eigenvalue weighted by atomic mass is 15.2. The van der Waals surface area contributed by atoms with Gasteiger partial charge < -0.3 is 9.80 Å². The molecule has 5 aliphatic rings. The van der Waals surface area contributed by atoms with Gasteiger partial charge in [-0.15, -0.1) is 0 Å². The first-order chi connectivity index (χ1) is 24.2. The molecular formula is C47H48N2. The molecule has 49 heavy (non-hydrogen) atoms. The van der Waals surface area contributed by atoms with Crippen LogP contribution >= 0.6 is 0 Å². The van der Waals surface area contributed by atoms with E-state index >= 15 is 0 Å². The SMILES string of the molecule is Cc1cc(N(C2=C3C=CC=CC3CC=C2)c2ccccc2)ccc1-c1ccc(N(C2=C3CCCCCC3=CCC2)C2C=CC=CC2)cc1C. The molecular weight excluding hydrogens is 593 g/mol. The molecule has 2 atom stereocenters. The number of anilines is 3. The predicted octanol–water partition coefficient (Wildman–Crippen LogP) is 12.7. The maximum Gasteiger partial charge on any atom is 0.0556 e. The van der Waals surface area contributed by atoms with Crippen molar-refractivity contribution in [2.45, 2.75) is 77.7 Å². The maximum atomic E-state index is 2.70. The van der Waals surface area contributed by atoms with Gasteiger partial charge in [0.1, 0.15) is 0 Å². The molecule has 246 valence electrons. The lowest BCUT2D eigenvalue weighted by atomic mass is 9.86. The Morgan fingerprint density at radius 3 is 2.20 bits per heavy atom. The molecule has 0 N–H and O–H groups in total. The number of benzene rings is 3. The van der Waals surface area contributed by atoms with E-state index < -0.39 is 0 Å². The second-order valence-electron chi connectivity index (χ2n) is 14.2. The second-order valence-corrected chi connectivity index (χ2v) is 14.2. The van der Waals surface area contributed by atoms with Crippen molar-refractivity contribution in [1.82, 2.24) is 0 Å². The van der Waals surface area contributed by atoms with Crippen molar-refractivity contribution in [2.24, 2.45) is 5.92 Å². The van der Waals surface area contributed by atoms with Crippen LogP contribution in [0.5, 0.6) is 0 Å². The molecule has 0 amide bonds. The van der Waals surface area contributed by atoms with E-state index in [9.17, 15) is 0 Å². The minimum Gasteiger partial charge on any atom is -0.338 e. The van der Waals surface area contributed by atoms with E-state index in [4.69, 9.17) is 0 Å². The molecule has 1 saturated carbocycles. The average Bonchev–Trinajstić information content (AvgIpc) is 3.40. The topological polar surface area (TPSA) is 6.48 Å². The number of nitrogens with zero attached hydrogens (tertiary/aromatic N) is 2. The molecule has 1 fully saturated rings. The lowest BCUT2D eigenvalue weighted by Gasteiger charge is -2.38. The Labute approximate surface area is 293 Å². The van der Waals surface area contributed by atoms with Crippen molar-refractivity contribution in [1.29, 1.82) is 0 Å². The van der Waals surface area contributed by atoms with Gasteiger partial charge >= 0.3 is 0 Å². The molecule has 3 aromatic rings. The number of aryl methyl sites for hydroxylation is 2. The van der Waals surface area contributed by atoms with Gasteiger partial charge in [-0.25, -0.2) is 0 Å². The Morgan fingerprint density at radius 1 is 0.633 bits per heavy atom. The predicted molar refractivity (Wildman–Crippen MR) is 209 cm³/mol. The average molecular weight is 641 g/mol. The van der Waals surface area contributed by atoms with Gasteiger partial charge in [-0.05, 0) is 147 Å². The van der Waals surface area contributed by atoms with E-state index in [1.165, 1.54) is 82.7 Å². The standard InChI is InChI=1S/C47H48N2/c1-34-32-40(48(38-20-7-4-8-21-38)46-26-14-18-36-16-6-3-11-24-44(36)46)28-30-42(34)43-31-29-41(33-35(43)2)49(39-22-9-5-10-23-39)47-27-15-19-37-17-12-13-25-45(37)47/h4-5,7-10,12-13,15,17-18,20,22-23,25,27-33,37-38H,3,6,11,14,16,19,21,24,26H2,1-2H3. The van der Waals surface area contributed by atoms with Crippen LogP contribution in [0.4, 0.5) is 17.1 Å². The van der Waals surface area contributed by atoms with Crippen molar-refractivity contribution in [3.63, 3.8) is 0 Å². The normalized spacial score (nSPS) is 21.3. The third-order valence-electron chi connectivity index (χ3n) is 11.1. The summed E-state index contributed by atoms with van der Waals surface area (Å²) in [4.78, 5) is 5.14. The first kappa shape index (κ1) is 31.4. The van der Waals surface area contributed by atoms with Crippen LogP contribution in [-0.4, -0.2) is 6.04 Å². The van der Waals surface area contributed by atoms with Gasteiger partial charge in [0.25, 0.3) is 0 Å². The van der Waals surface area contributed by atoms with Gasteiger partial charge in [0.15, 0.2) is 0 Å². The van der Waals surface area contributed by atoms with E-state index in [2.05, 4.69) is 157 Å². The summed E-state index contributed by atoms with van der Waals surface area (Å²) in [6.07, 6.45) is 36.2. The van der Waals surface area contributed by atoms with Gasteiger partial charge in [0, 0.05) is 34.4 Å². The quantitative estimate of drug-likeness (QED) is 0.254. The summed E-state index contributed by atoms with van der Waals surface area (Å²) in [6.45, 7) is 4.57. The van der Waals surface area contributed by atoms with Crippen LogP contribution in [0.3, 0.4) is 0 Å². The number of allylic oxidation sites excluding steroid dienone is 13. The van der Waals surface area contributed by atoms with Crippen LogP contribution in [0.15, 0.2) is 162 Å². The summed E-state index contributed by atoms with van der Waals surface area (Å²) >= 11 is 0. The molecule has 2 heteroatoms. The zero-order valence-corrected chi connectivity index (χ0v) is 29.1. The highest BCUT2D eigenvalue weighted by molar-refractivity contribution is 5.79. The third kappa shape index (κ3) is 6.26. The largest absolute Gasteiger partial charge is 0.338 e. The van der Waals surface area contributed by atoms with Crippen molar-refractivity contribution < 1.29 is 0 Å². The Kier molecular flexibility index (Phi) is 8.96. The molecule has 0 aromatic heterocycles. The number of rotatable bonds is 7. The monoisotopic (exact) mass is 640 g/mol. The summed E-state index contributed by atoms with van der Waals surface area (Å²) in [7, 11) is 0. The van der Waals surface area contributed by atoms with Crippen LogP contribution in [0.1, 0.15) is 68.9 Å². The first-order valence-corrected chi connectivity index (χ1v) is 18.5. The molecule has 0 saturated heterocycles. The minimum atomic E-state index is 0.351. The van der Waals surface area contributed by atoms with E-state index in [0.29, 0.717) is 12.0 Å². The maximum absolute atomic E-state index is 2.70. The molecule has 0 heterocycles. The summed E-state index contributed by atoms with van der Waals surface area (Å²) in [5, 5.41) is 0. The third-order valence-corrected chi connectivity index (χ3v) is 11.1. The van der Waals surface area contributed by atoms with Gasteiger partial charge in [-0.3, -0.25) is 0 Å². The number of hydrogen-bond donors (Lipinski definition) is 0. The zero-order valence-electron chi connectivity index (χ0n) is 29.1. The van der Waals surface area contributed by atoms with Gasteiger partial charge in [-0.1, -0.05) is 97.5 Å². The molecule has 5 aliphatic carbocycles. The minimum absolute atomic E-state index is 0.351. The zero-order chi connectivity index (χ0) is 33.2. The van der Waals surface area contributed by atoms with Crippen LogP contribution in [-0.2, 0) is 0 Å². The number of hydrogen-bond acceptors (Lipinski definition) is 2. The molecule has 0 bridgehead atoms. The Hall–Kier alpha value is -4.82. The van der Waals surface area contributed by atoms with E-state index in [1.807, 2.05) is 0 Å². The summed E-state index contributed by atoms with van der Waals surface area (Å²) < 4.78 is 0. The Balaban J connectivity index is 1.17. The van der Waals surface area contributed by atoms with Crippen LogP contribution in [0.2, 0.25) is 0 Å². The van der Waals surface area contributed by atoms with Crippen LogP contribution in [0, 0.1) is 19.8 Å². The van der Waals surface area contributed by atoms with Gasteiger partial charge in [0.2, 0.25) is 0 Å². The van der Waals surface area contributed by atoms with E-state index in [1.54, 1.807) is 16.8 Å². The van der Waals surface area contributed by atoms with Crippen molar-refractivity contribution in [2.75, 3.05) is 9.80 Å². The van der Waals surface area contributed by atoms with Crippen LogP contribution < -0.4 is 9.80 Å². The fourth-order valence-corrected chi connectivity index (χ4v) is 8.65. The smallest absolute Gasteiger partial charge is 0.0556 e. The number of para-hydroxylation sites is 1. The molecule has 0 radical (unpaired) electrons. The van der Waals surface area contributed by atoms with E-state index in [0.717, 1.165) is 25.7 Å². The second kappa shape index (κ2) is 14.0. The summed E-state index contributed by atoms with van der Waals surface area (Å²) in [5.74, 6) is 0.424. The lowest BCUT2D eigenvalue weighted by molar-refractivity contribution is 0.696.